The van der Waals surface area contributed by atoms with E-state index >= 15 is 0 Å². The molecule has 18 heavy (non-hydrogen) atoms. The van der Waals surface area contributed by atoms with Gasteiger partial charge in [0.15, 0.2) is 0 Å². The zero-order chi connectivity index (χ0) is 13.1. The number of carbonyl (C=O) groups excluding carboxylic acids is 1. The minimum absolute atomic E-state index is 0.268. The molecule has 0 aliphatic heterocycles. The van der Waals surface area contributed by atoms with E-state index in [0.29, 0.717) is 17.1 Å². The van der Waals surface area contributed by atoms with Gasteiger partial charge < -0.3 is 11.1 Å². The summed E-state index contributed by atoms with van der Waals surface area (Å²) in [5.41, 5.74) is 7.67. The van der Waals surface area contributed by atoms with Gasteiger partial charge in [0.25, 0.3) is 5.91 Å². The van der Waals surface area contributed by atoms with Gasteiger partial charge in [0.2, 0.25) is 0 Å². The van der Waals surface area contributed by atoms with Crippen molar-refractivity contribution in [2.24, 2.45) is 0 Å². The summed E-state index contributed by atoms with van der Waals surface area (Å²) in [6.07, 6.45) is 1.61. The third kappa shape index (κ3) is 2.68. The summed E-state index contributed by atoms with van der Waals surface area (Å²) in [5.74, 6) is 0.207. The van der Waals surface area contributed by atoms with Gasteiger partial charge in [-0.2, -0.15) is 0 Å². The molecule has 0 atom stereocenters. The van der Waals surface area contributed by atoms with Crippen LogP contribution < -0.4 is 11.1 Å². The minimum Gasteiger partial charge on any atom is -0.398 e. The maximum Gasteiger partial charge on any atom is 0.258 e. The van der Waals surface area contributed by atoms with E-state index in [1.54, 1.807) is 24.4 Å². The van der Waals surface area contributed by atoms with Gasteiger partial charge in [-0.05, 0) is 47.1 Å². The Kier molecular flexibility index (Phi) is 3.62. The van der Waals surface area contributed by atoms with Gasteiger partial charge in [-0.15, -0.1) is 0 Å². The first-order valence-corrected chi connectivity index (χ1v) is 6.15. The molecule has 0 saturated heterocycles. The van der Waals surface area contributed by atoms with Crippen LogP contribution in [0.4, 0.5) is 11.5 Å². The third-order valence-corrected chi connectivity index (χ3v) is 3.08. The first-order valence-electron chi connectivity index (χ1n) is 5.36. The lowest BCUT2D eigenvalue weighted by Crippen LogP contribution is -2.15. The number of amides is 1. The molecular weight excluding hydrogens is 294 g/mol. The fourth-order valence-electron chi connectivity index (χ4n) is 1.52. The van der Waals surface area contributed by atoms with Crippen molar-refractivity contribution in [3.05, 3.63) is 52.1 Å². The maximum atomic E-state index is 12.1. The number of carbonyl (C=O) groups is 1. The van der Waals surface area contributed by atoms with Crippen LogP contribution in [0, 0.1) is 6.92 Å². The van der Waals surface area contributed by atoms with Gasteiger partial charge in [0, 0.05) is 11.9 Å². The molecule has 1 aromatic carbocycles. The number of anilines is 2. The highest BCUT2D eigenvalue weighted by molar-refractivity contribution is 9.10. The molecule has 5 heteroatoms. The van der Waals surface area contributed by atoms with E-state index in [2.05, 4.69) is 26.2 Å². The maximum absolute atomic E-state index is 12.1. The lowest BCUT2D eigenvalue weighted by Gasteiger charge is -2.08. The Hall–Kier alpha value is -1.88. The molecule has 4 nitrogen and oxygen atoms in total. The van der Waals surface area contributed by atoms with E-state index in [0.717, 1.165) is 10.0 Å². The predicted octanol–water partition coefficient (Wildman–Crippen LogP) is 2.99. The number of halogens is 1. The second-order valence-electron chi connectivity index (χ2n) is 3.88. The van der Waals surface area contributed by atoms with Gasteiger partial charge in [-0.3, -0.25) is 4.79 Å². The molecule has 0 spiro atoms. The number of pyridine rings is 1. The number of nitrogens with two attached hydrogens (primary N) is 1. The number of aromatic nitrogens is 1. The van der Waals surface area contributed by atoms with Crippen molar-refractivity contribution >= 4 is 33.3 Å². The van der Waals surface area contributed by atoms with Crippen LogP contribution in [-0.4, -0.2) is 10.9 Å². The molecule has 1 aromatic heterocycles. The Labute approximate surface area is 113 Å². The number of nitrogens with one attached hydrogen (secondary N) is 1. The summed E-state index contributed by atoms with van der Waals surface area (Å²) in [6, 6.07) is 8.92. The molecule has 0 saturated carbocycles. The number of benzene rings is 1. The first kappa shape index (κ1) is 12.6. The standard InChI is InChI=1S/C13H12BrN3O/c1-8-4-5-11(15)9(7-8)13(18)17-12-10(14)3-2-6-16-12/h2-7H,15H2,1H3,(H,16,17,18). The lowest BCUT2D eigenvalue weighted by molar-refractivity contribution is 0.102. The Morgan fingerprint density at radius 2 is 2.17 bits per heavy atom. The summed E-state index contributed by atoms with van der Waals surface area (Å²) in [5, 5.41) is 2.72. The fraction of sp³-hybridized carbons (Fsp3) is 0.0769. The van der Waals surface area contributed by atoms with E-state index in [1.807, 2.05) is 19.1 Å². The monoisotopic (exact) mass is 305 g/mol. The fourth-order valence-corrected chi connectivity index (χ4v) is 1.87. The molecule has 1 heterocycles. The number of nitrogen functional groups attached to an aromatic ring is 1. The highest BCUT2D eigenvalue weighted by atomic mass is 79.9. The van der Waals surface area contributed by atoms with Crippen molar-refractivity contribution < 1.29 is 4.79 Å². The van der Waals surface area contributed by atoms with Gasteiger partial charge in [-0.1, -0.05) is 11.6 Å². The number of nitrogens with zero attached hydrogens (tertiary/aromatic N) is 1. The largest absolute Gasteiger partial charge is 0.398 e. The molecule has 0 radical (unpaired) electrons. The zero-order valence-corrected chi connectivity index (χ0v) is 11.4. The summed E-state index contributed by atoms with van der Waals surface area (Å²) >= 11 is 3.32. The van der Waals surface area contributed by atoms with E-state index in [9.17, 15) is 4.79 Å². The smallest absolute Gasteiger partial charge is 0.258 e. The number of hydrogen-bond acceptors (Lipinski definition) is 3. The number of hydrogen-bond donors (Lipinski definition) is 2. The van der Waals surface area contributed by atoms with Crippen molar-refractivity contribution in [1.29, 1.82) is 0 Å². The van der Waals surface area contributed by atoms with Crippen LogP contribution in [0.2, 0.25) is 0 Å². The van der Waals surface area contributed by atoms with Crippen LogP contribution in [0.15, 0.2) is 41.0 Å². The van der Waals surface area contributed by atoms with Crippen molar-refractivity contribution in [3.63, 3.8) is 0 Å². The van der Waals surface area contributed by atoms with E-state index in [4.69, 9.17) is 5.73 Å². The topological polar surface area (TPSA) is 68.0 Å². The molecule has 0 bridgehead atoms. The zero-order valence-electron chi connectivity index (χ0n) is 9.77. The highest BCUT2D eigenvalue weighted by Crippen LogP contribution is 2.21. The second-order valence-corrected chi connectivity index (χ2v) is 4.73. The SMILES string of the molecule is Cc1ccc(N)c(C(=O)Nc2ncccc2Br)c1. The van der Waals surface area contributed by atoms with Crippen molar-refractivity contribution in [2.45, 2.75) is 6.92 Å². The highest BCUT2D eigenvalue weighted by Gasteiger charge is 2.12. The van der Waals surface area contributed by atoms with Crippen molar-refractivity contribution in [2.75, 3.05) is 11.1 Å². The first-order chi connectivity index (χ1) is 8.58. The normalized spacial score (nSPS) is 10.1. The molecule has 0 aliphatic rings. The molecule has 0 unspecified atom stereocenters. The van der Waals surface area contributed by atoms with Crippen molar-refractivity contribution in [3.8, 4) is 0 Å². The Balaban J connectivity index is 2.28. The predicted molar refractivity (Wildman–Crippen MR) is 75.5 cm³/mol. The minimum atomic E-state index is -0.268. The van der Waals surface area contributed by atoms with Crippen LogP contribution in [0.3, 0.4) is 0 Å². The quantitative estimate of drug-likeness (QED) is 0.838. The van der Waals surface area contributed by atoms with Crippen LogP contribution >= 0.6 is 15.9 Å². The van der Waals surface area contributed by atoms with Crippen LogP contribution in [-0.2, 0) is 0 Å². The molecule has 0 aliphatic carbocycles. The van der Waals surface area contributed by atoms with Crippen LogP contribution in [0.25, 0.3) is 0 Å². The summed E-state index contributed by atoms with van der Waals surface area (Å²) in [4.78, 5) is 16.2. The Bertz CT molecular complexity index is 599. The molecular formula is C13H12BrN3O. The van der Waals surface area contributed by atoms with Gasteiger partial charge >= 0.3 is 0 Å². The number of rotatable bonds is 2. The Morgan fingerprint density at radius 1 is 1.39 bits per heavy atom. The van der Waals surface area contributed by atoms with Crippen molar-refractivity contribution in [1.82, 2.24) is 4.98 Å². The lowest BCUT2D eigenvalue weighted by atomic mass is 10.1. The average molecular weight is 306 g/mol. The van der Waals surface area contributed by atoms with Crippen LogP contribution in [0.1, 0.15) is 15.9 Å². The second kappa shape index (κ2) is 5.18. The summed E-state index contributed by atoms with van der Waals surface area (Å²) in [7, 11) is 0. The van der Waals surface area contributed by atoms with Gasteiger partial charge in [0.1, 0.15) is 5.82 Å². The molecule has 92 valence electrons. The van der Waals surface area contributed by atoms with Crippen LogP contribution in [0.5, 0.6) is 0 Å². The molecule has 3 N–H and O–H groups in total. The van der Waals surface area contributed by atoms with E-state index < -0.39 is 0 Å². The molecule has 1 amide bonds. The number of aryl methyl sites for hydroxylation is 1. The summed E-state index contributed by atoms with van der Waals surface area (Å²) < 4.78 is 0.726. The third-order valence-electron chi connectivity index (χ3n) is 2.44. The molecule has 2 aromatic rings. The van der Waals surface area contributed by atoms with Gasteiger partial charge in [-0.25, -0.2) is 4.98 Å². The van der Waals surface area contributed by atoms with E-state index in [-0.39, 0.29) is 5.91 Å². The average Bonchev–Trinajstić information content (AvgIpc) is 2.35. The van der Waals surface area contributed by atoms with Gasteiger partial charge in [0.05, 0.1) is 10.0 Å². The Morgan fingerprint density at radius 3 is 2.89 bits per heavy atom. The summed E-state index contributed by atoms with van der Waals surface area (Å²) in [6.45, 7) is 1.91. The van der Waals surface area contributed by atoms with E-state index in [1.165, 1.54) is 0 Å². The molecule has 2 rings (SSSR count). The molecule has 0 fully saturated rings.